The number of carbonyl (C=O) groups is 1. The predicted octanol–water partition coefficient (Wildman–Crippen LogP) is 4.73. The number of aromatic hydroxyl groups is 1. The maximum atomic E-state index is 12.7. The average molecular weight is 567 g/mol. The Kier molecular flexibility index (Phi) is 8.80. The summed E-state index contributed by atoms with van der Waals surface area (Å²) in [5.74, 6) is 0.262. The highest BCUT2D eigenvalue weighted by molar-refractivity contribution is 7.91. The van der Waals surface area contributed by atoms with Crippen LogP contribution in [0.25, 0.3) is 0 Å². The van der Waals surface area contributed by atoms with E-state index < -0.39 is 19.7 Å². The minimum atomic E-state index is -3.76. The molecule has 0 aliphatic rings. The molecule has 39 heavy (non-hydrogen) atoms. The summed E-state index contributed by atoms with van der Waals surface area (Å²) in [7, 11) is -7.36. The van der Waals surface area contributed by atoms with Crippen molar-refractivity contribution < 1.29 is 36.2 Å². The van der Waals surface area contributed by atoms with E-state index in [1.165, 1.54) is 60.7 Å². The fourth-order valence-electron chi connectivity index (χ4n) is 3.66. The van der Waals surface area contributed by atoms with Gasteiger partial charge in [0.25, 0.3) is 0 Å². The van der Waals surface area contributed by atoms with Crippen LogP contribution in [-0.2, 0) is 24.4 Å². The summed E-state index contributed by atoms with van der Waals surface area (Å²) in [6.07, 6.45) is 0.107. The van der Waals surface area contributed by atoms with Crippen LogP contribution in [0.5, 0.6) is 11.5 Å². The van der Waals surface area contributed by atoms with Gasteiger partial charge in [-0.3, -0.25) is 4.79 Å². The van der Waals surface area contributed by atoms with Crippen molar-refractivity contribution in [1.82, 2.24) is 0 Å². The molecule has 4 aromatic carbocycles. The third-order valence-electron chi connectivity index (χ3n) is 5.79. The molecule has 4 aromatic rings. The fourth-order valence-corrected chi connectivity index (χ4v) is 6.20. The van der Waals surface area contributed by atoms with Gasteiger partial charge in [0.1, 0.15) is 18.1 Å². The lowest BCUT2D eigenvalue weighted by Crippen LogP contribution is -2.10. The molecule has 0 heterocycles. The lowest BCUT2D eigenvalue weighted by Gasteiger charge is -2.09. The highest BCUT2D eigenvalue weighted by Crippen LogP contribution is 2.24. The Bertz CT molecular complexity index is 1610. The normalized spacial score (nSPS) is 11.7. The lowest BCUT2D eigenvalue weighted by atomic mass is 10.1. The molecule has 0 spiro atoms. The van der Waals surface area contributed by atoms with Gasteiger partial charge in [0, 0.05) is 12.0 Å². The number of ketones is 1. The maximum Gasteiger partial charge on any atom is 0.206 e. The van der Waals surface area contributed by atoms with Gasteiger partial charge in [0.2, 0.25) is 19.7 Å². The van der Waals surface area contributed by atoms with Crippen LogP contribution >= 0.6 is 0 Å². The van der Waals surface area contributed by atoms with Crippen LogP contribution in [-0.4, -0.2) is 47.5 Å². The van der Waals surface area contributed by atoms with Crippen molar-refractivity contribution in [1.29, 1.82) is 0 Å². The first-order chi connectivity index (χ1) is 18.7. The largest absolute Gasteiger partial charge is 0.508 e. The zero-order valence-electron chi connectivity index (χ0n) is 20.8. The van der Waals surface area contributed by atoms with Crippen LogP contribution < -0.4 is 4.74 Å². The monoisotopic (exact) mass is 566 g/mol. The average Bonchev–Trinajstić information content (AvgIpc) is 2.96. The second kappa shape index (κ2) is 12.2. The van der Waals surface area contributed by atoms with Gasteiger partial charge in [0.15, 0.2) is 5.78 Å². The minimum Gasteiger partial charge on any atom is -0.508 e. The number of rotatable bonds is 12. The number of hydrogen-bond donors (Lipinski definition) is 1. The summed E-state index contributed by atoms with van der Waals surface area (Å²) in [6, 6.07) is 25.2. The molecule has 0 amide bonds. The van der Waals surface area contributed by atoms with Crippen molar-refractivity contribution in [2.75, 3.05) is 19.8 Å². The molecule has 0 radical (unpaired) electrons. The Labute approximate surface area is 227 Å². The molecular weight excluding hydrogens is 540 g/mol. The van der Waals surface area contributed by atoms with E-state index in [9.17, 15) is 26.7 Å². The van der Waals surface area contributed by atoms with Gasteiger partial charge in [0.05, 0.1) is 32.8 Å². The van der Waals surface area contributed by atoms with E-state index >= 15 is 0 Å². The maximum absolute atomic E-state index is 12.7. The summed E-state index contributed by atoms with van der Waals surface area (Å²) < 4.78 is 61.7. The molecule has 0 aliphatic heterocycles. The highest BCUT2D eigenvalue weighted by Gasteiger charge is 2.19. The van der Waals surface area contributed by atoms with Crippen LogP contribution in [0.3, 0.4) is 0 Å². The quantitative estimate of drug-likeness (QED) is 0.193. The van der Waals surface area contributed by atoms with Crippen molar-refractivity contribution in [3.05, 3.63) is 109 Å². The summed E-state index contributed by atoms with van der Waals surface area (Å²) in [5, 5.41) is 9.36. The van der Waals surface area contributed by atoms with E-state index in [4.69, 9.17) is 9.47 Å². The molecule has 4 rings (SSSR count). The molecule has 0 aliphatic carbocycles. The molecule has 8 nitrogen and oxygen atoms in total. The van der Waals surface area contributed by atoms with E-state index in [0.29, 0.717) is 11.3 Å². The molecule has 0 saturated carbocycles. The van der Waals surface area contributed by atoms with Crippen molar-refractivity contribution in [2.24, 2.45) is 0 Å². The molecular formula is C29H26O8S2. The molecule has 0 aromatic heterocycles. The van der Waals surface area contributed by atoms with E-state index in [1.54, 1.807) is 42.5 Å². The van der Waals surface area contributed by atoms with Gasteiger partial charge in [-0.25, -0.2) is 16.8 Å². The number of ether oxygens (including phenoxy) is 2. The highest BCUT2D eigenvalue weighted by atomic mass is 32.2. The Morgan fingerprint density at radius 3 is 1.64 bits per heavy atom. The van der Waals surface area contributed by atoms with Gasteiger partial charge in [-0.1, -0.05) is 30.3 Å². The number of hydrogen-bond acceptors (Lipinski definition) is 8. The van der Waals surface area contributed by atoms with E-state index in [2.05, 4.69) is 0 Å². The summed E-state index contributed by atoms with van der Waals surface area (Å²) in [5.41, 5.74) is 0.366. The third kappa shape index (κ3) is 6.91. The van der Waals surface area contributed by atoms with E-state index in [1.807, 2.05) is 0 Å². The summed E-state index contributed by atoms with van der Waals surface area (Å²) in [6.45, 7) is 0.591. The number of carbonyl (C=O) groups excluding carboxylic acids is 1. The van der Waals surface area contributed by atoms with Crippen LogP contribution in [0.15, 0.2) is 123 Å². The van der Waals surface area contributed by atoms with Gasteiger partial charge < -0.3 is 14.6 Å². The summed E-state index contributed by atoms with van der Waals surface area (Å²) in [4.78, 5) is 12.9. The standard InChI is InChI=1S/C29H26O8S2/c30-23-8-14-27(15-9-23)39(34,35)26-12-6-22(7-13-26)29(31)18-19-36-20-21-37-24-10-16-28(17-11-24)38(32,33)25-4-2-1-3-5-25/h1-17,30H,18-21H2. The molecule has 0 bridgehead atoms. The topological polar surface area (TPSA) is 124 Å². The Balaban J connectivity index is 1.20. The predicted molar refractivity (Wildman–Crippen MR) is 144 cm³/mol. The molecule has 10 heteroatoms. The number of phenolic OH excluding ortho intramolecular Hbond substituents is 1. The second-order valence-electron chi connectivity index (χ2n) is 8.44. The number of sulfone groups is 2. The van der Waals surface area contributed by atoms with Gasteiger partial charge in [-0.05, 0) is 72.8 Å². The van der Waals surface area contributed by atoms with Gasteiger partial charge in [-0.15, -0.1) is 0 Å². The Hall–Kier alpha value is -3.99. The smallest absolute Gasteiger partial charge is 0.206 e. The zero-order valence-corrected chi connectivity index (χ0v) is 22.4. The Morgan fingerprint density at radius 1 is 0.590 bits per heavy atom. The number of phenols is 1. The first-order valence-electron chi connectivity index (χ1n) is 12.0. The molecule has 202 valence electrons. The number of Topliss-reactive ketones (excluding diaryl/α,β-unsaturated/α-hetero) is 1. The molecule has 1 N–H and O–H groups in total. The molecule has 0 fully saturated rings. The van der Waals surface area contributed by atoms with E-state index in [-0.39, 0.29) is 57.4 Å². The van der Waals surface area contributed by atoms with Gasteiger partial charge in [-0.2, -0.15) is 0 Å². The molecule has 0 atom stereocenters. The third-order valence-corrected chi connectivity index (χ3v) is 9.36. The number of benzene rings is 4. The van der Waals surface area contributed by atoms with Crippen LogP contribution in [0.4, 0.5) is 0 Å². The van der Waals surface area contributed by atoms with Crippen molar-refractivity contribution in [2.45, 2.75) is 26.0 Å². The Morgan fingerprint density at radius 2 is 1.08 bits per heavy atom. The second-order valence-corrected chi connectivity index (χ2v) is 12.3. The molecule has 0 saturated heterocycles. The van der Waals surface area contributed by atoms with Crippen molar-refractivity contribution in [3.8, 4) is 11.5 Å². The van der Waals surface area contributed by atoms with Gasteiger partial charge >= 0.3 is 0 Å². The van der Waals surface area contributed by atoms with Crippen LogP contribution in [0, 0.1) is 0 Å². The summed E-state index contributed by atoms with van der Waals surface area (Å²) >= 11 is 0. The minimum absolute atomic E-state index is 0.0329. The first-order valence-corrected chi connectivity index (χ1v) is 14.9. The lowest BCUT2D eigenvalue weighted by molar-refractivity contribution is 0.0799. The first kappa shape index (κ1) is 28.0. The zero-order chi connectivity index (χ0) is 27.9. The van der Waals surface area contributed by atoms with Crippen LogP contribution in [0.2, 0.25) is 0 Å². The molecule has 0 unspecified atom stereocenters. The van der Waals surface area contributed by atoms with Crippen molar-refractivity contribution in [3.63, 3.8) is 0 Å². The van der Waals surface area contributed by atoms with Crippen molar-refractivity contribution >= 4 is 25.5 Å². The van der Waals surface area contributed by atoms with Crippen LogP contribution in [0.1, 0.15) is 16.8 Å². The fraction of sp³-hybridized carbons (Fsp3) is 0.138. The SMILES string of the molecule is O=C(CCOCCOc1ccc(S(=O)(=O)c2ccccc2)cc1)c1ccc(S(=O)(=O)c2ccc(O)cc2)cc1. The van der Waals surface area contributed by atoms with E-state index in [0.717, 1.165) is 0 Å².